The van der Waals surface area contributed by atoms with E-state index in [1.165, 1.54) is 0 Å². The van der Waals surface area contributed by atoms with Crippen molar-refractivity contribution < 1.29 is 13.9 Å². The summed E-state index contributed by atoms with van der Waals surface area (Å²) < 4.78 is 11.9. The highest BCUT2D eigenvalue weighted by molar-refractivity contribution is 9.10. The van der Waals surface area contributed by atoms with E-state index in [0.29, 0.717) is 15.8 Å². The van der Waals surface area contributed by atoms with Crippen LogP contribution < -0.4 is 10.2 Å². The SMILES string of the molecule is O=C(CSc1nnc(COc2ccc(Cl)cc2Cl)o1)N/N=C\c1ccc(Br)cc1. The molecule has 0 aliphatic rings. The van der Waals surface area contributed by atoms with Crippen LogP contribution in [-0.4, -0.2) is 28.1 Å². The summed E-state index contributed by atoms with van der Waals surface area (Å²) in [6, 6.07) is 12.4. The summed E-state index contributed by atoms with van der Waals surface area (Å²) in [6.45, 7) is 0.0403. The average Bonchev–Trinajstić information content (AvgIpc) is 3.15. The molecular weight excluding hydrogens is 503 g/mol. The van der Waals surface area contributed by atoms with Crippen LogP contribution in [0.4, 0.5) is 0 Å². The van der Waals surface area contributed by atoms with E-state index in [1.54, 1.807) is 24.4 Å². The van der Waals surface area contributed by atoms with Gasteiger partial charge in [-0.3, -0.25) is 4.79 Å². The Balaban J connectivity index is 1.42. The lowest BCUT2D eigenvalue weighted by atomic mass is 10.2. The second kappa shape index (κ2) is 10.6. The van der Waals surface area contributed by atoms with Gasteiger partial charge in [0, 0.05) is 9.50 Å². The fourth-order valence-corrected chi connectivity index (χ4v) is 3.27. The summed E-state index contributed by atoms with van der Waals surface area (Å²) in [7, 11) is 0. The smallest absolute Gasteiger partial charge is 0.277 e. The third-order valence-corrected chi connectivity index (χ3v) is 5.17. The van der Waals surface area contributed by atoms with Crippen LogP contribution in [0.3, 0.4) is 0 Å². The number of aromatic nitrogens is 2. The zero-order chi connectivity index (χ0) is 20.6. The van der Waals surface area contributed by atoms with Crippen molar-refractivity contribution in [2.24, 2.45) is 5.10 Å². The molecule has 1 aromatic heterocycles. The number of nitrogens with zero attached hydrogens (tertiary/aromatic N) is 3. The van der Waals surface area contributed by atoms with Crippen LogP contribution in [0.1, 0.15) is 11.5 Å². The Hall–Kier alpha value is -2.07. The van der Waals surface area contributed by atoms with Gasteiger partial charge in [0.25, 0.3) is 17.0 Å². The van der Waals surface area contributed by atoms with Crippen molar-refractivity contribution >= 4 is 63.0 Å². The maximum atomic E-state index is 11.9. The van der Waals surface area contributed by atoms with Crippen molar-refractivity contribution in [3.63, 3.8) is 0 Å². The van der Waals surface area contributed by atoms with E-state index in [9.17, 15) is 4.79 Å². The van der Waals surface area contributed by atoms with Gasteiger partial charge in [0.1, 0.15) is 5.75 Å². The Labute approximate surface area is 188 Å². The number of benzene rings is 2. The number of rotatable bonds is 8. The van der Waals surface area contributed by atoms with Gasteiger partial charge in [0.15, 0.2) is 6.61 Å². The number of amides is 1. The minimum Gasteiger partial charge on any atom is -0.482 e. The third kappa shape index (κ3) is 7.04. The number of thioether (sulfide) groups is 1. The van der Waals surface area contributed by atoms with E-state index < -0.39 is 0 Å². The van der Waals surface area contributed by atoms with Gasteiger partial charge in [-0.2, -0.15) is 5.10 Å². The van der Waals surface area contributed by atoms with Gasteiger partial charge >= 0.3 is 0 Å². The monoisotopic (exact) mass is 514 g/mol. The van der Waals surface area contributed by atoms with Crippen molar-refractivity contribution in [1.29, 1.82) is 0 Å². The summed E-state index contributed by atoms with van der Waals surface area (Å²) in [6.07, 6.45) is 1.55. The van der Waals surface area contributed by atoms with Gasteiger partial charge < -0.3 is 9.15 Å². The van der Waals surface area contributed by atoms with Crippen molar-refractivity contribution in [3.05, 3.63) is 68.4 Å². The van der Waals surface area contributed by atoms with Crippen molar-refractivity contribution in [2.45, 2.75) is 11.8 Å². The van der Waals surface area contributed by atoms with Crippen LogP contribution in [0.2, 0.25) is 10.0 Å². The summed E-state index contributed by atoms with van der Waals surface area (Å²) in [4.78, 5) is 11.9. The van der Waals surface area contributed by atoms with Gasteiger partial charge in [-0.25, -0.2) is 5.43 Å². The first kappa shape index (κ1) is 21.6. The number of halogens is 3. The van der Waals surface area contributed by atoms with E-state index in [1.807, 2.05) is 24.3 Å². The largest absolute Gasteiger partial charge is 0.482 e. The van der Waals surface area contributed by atoms with E-state index >= 15 is 0 Å². The summed E-state index contributed by atoms with van der Waals surface area (Å²) in [5, 5.41) is 12.8. The van der Waals surface area contributed by atoms with E-state index in [4.69, 9.17) is 32.4 Å². The highest BCUT2D eigenvalue weighted by Crippen LogP contribution is 2.28. The number of ether oxygens (including phenoxy) is 1. The number of hydrogen-bond acceptors (Lipinski definition) is 7. The van der Waals surface area contributed by atoms with Gasteiger partial charge in [-0.1, -0.05) is 63.0 Å². The molecule has 150 valence electrons. The molecule has 0 saturated carbocycles. The predicted octanol–water partition coefficient (Wildman–Crippen LogP) is 4.96. The molecule has 11 heteroatoms. The Morgan fingerprint density at radius 3 is 2.79 bits per heavy atom. The highest BCUT2D eigenvalue weighted by atomic mass is 79.9. The number of carbonyl (C=O) groups excluding carboxylic acids is 1. The minimum atomic E-state index is -0.299. The molecular formula is C18H13BrCl2N4O3S. The Morgan fingerprint density at radius 2 is 2.03 bits per heavy atom. The molecule has 0 aliphatic carbocycles. The number of nitrogens with one attached hydrogen (secondary N) is 1. The standard InChI is InChI=1S/C18H13BrCl2N4O3S/c19-12-3-1-11(2-4-12)8-22-23-16(26)10-29-18-25-24-17(28-18)9-27-15-6-5-13(20)7-14(15)21/h1-8H,9-10H2,(H,23,26)/b22-8-. The summed E-state index contributed by atoms with van der Waals surface area (Å²) in [5.74, 6) is 0.481. The molecule has 7 nitrogen and oxygen atoms in total. The van der Waals surface area contributed by atoms with Gasteiger partial charge in [0.05, 0.1) is 17.0 Å². The van der Waals surface area contributed by atoms with Crippen molar-refractivity contribution in [2.75, 3.05) is 5.75 Å². The Kier molecular flexibility index (Phi) is 7.93. The second-order valence-corrected chi connectivity index (χ2v) is 8.14. The zero-order valence-electron chi connectivity index (χ0n) is 14.6. The first-order valence-electron chi connectivity index (χ1n) is 8.10. The minimum absolute atomic E-state index is 0.0403. The maximum Gasteiger partial charge on any atom is 0.277 e. The van der Waals surface area contributed by atoms with Crippen molar-refractivity contribution in [1.82, 2.24) is 15.6 Å². The quantitative estimate of drug-likeness (QED) is 0.259. The van der Waals surface area contributed by atoms with Gasteiger partial charge in [0.2, 0.25) is 0 Å². The van der Waals surface area contributed by atoms with E-state index in [0.717, 1.165) is 21.8 Å². The fourth-order valence-electron chi connectivity index (χ4n) is 1.97. The van der Waals surface area contributed by atoms with Crippen LogP contribution in [0.5, 0.6) is 5.75 Å². The molecule has 0 radical (unpaired) electrons. The molecule has 1 amide bonds. The Bertz CT molecular complexity index is 1010. The number of hydrogen-bond donors (Lipinski definition) is 1. The highest BCUT2D eigenvalue weighted by Gasteiger charge is 2.11. The molecule has 1 N–H and O–H groups in total. The van der Waals surface area contributed by atoms with Crippen LogP contribution in [0.15, 0.2) is 61.7 Å². The Morgan fingerprint density at radius 1 is 1.24 bits per heavy atom. The first-order valence-corrected chi connectivity index (χ1v) is 10.6. The number of carbonyl (C=O) groups is 1. The second-order valence-electron chi connectivity index (χ2n) is 5.46. The van der Waals surface area contributed by atoms with E-state index in [2.05, 4.69) is 36.7 Å². The first-order chi connectivity index (χ1) is 14.0. The maximum absolute atomic E-state index is 11.9. The lowest BCUT2D eigenvalue weighted by Gasteiger charge is -2.05. The molecule has 0 aliphatic heterocycles. The molecule has 0 saturated heterocycles. The third-order valence-electron chi connectivity index (χ3n) is 3.29. The van der Waals surface area contributed by atoms with Gasteiger partial charge in [-0.05, 0) is 35.9 Å². The average molecular weight is 516 g/mol. The van der Waals surface area contributed by atoms with Crippen molar-refractivity contribution in [3.8, 4) is 5.75 Å². The molecule has 0 spiro atoms. The van der Waals surface area contributed by atoms with Gasteiger partial charge in [-0.15, -0.1) is 10.2 Å². The molecule has 3 rings (SSSR count). The molecule has 0 unspecified atom stereocenters. The summed E-state index contributed by atoms with van der Waals surface area (Å²) >= 11 is 16.3. The van der Waals surface area contributed by atoms with Crippen LogP contribution >= 0.6 is 50.9 Å². The van der Waals surface area contributed by atoms with Crippen LogP contribution in [0, 0.1) is 0 Å². The normalized spacial score (nSPS) is 11.0. The molecule has 0 fully saturated rings. The molecule has 29 heavy (non-hydrogen) atoms. The summed E-state index contributed by atoms with van der Waals surface area (Å²) in [5.41, 5.74) is 3.30. The molecule has 0 bridgehead atoms. The van der Waals surface area contributed by atoms with Crippen LogP contribution in [-0.2, 0) is 11.4 Å². The lowest BCUT2D eigenvalue weighted by Crippen LogP contribution is -2.19. The van der Waals surface area contributed by atoms with E-state index in [-0.39, 0.29) is 29.4 Å². The number of hydrazone groups is 1. The zero-order valence-corrected chi connectivity index (χ0v) is 18.6. The molecule has 3 aromatic rings. The lowest BCUT2D eigenvalue weighted by molar-refractivity contribution is -0.118. The topological polar surface area (TPSA) is 89.6 Å². The van der Waals surface area contributed by atoms with Crippen LogP contribution in [0.25, 0.3) is 0 Å². The predicted molar refractivity (Wildman–Crippen MR) is 116 cm³/mol. The molecule has 1 heterocycles. The molecule has 2 aromatic carbocycles. The molecule has 0 atom stereocenters. The fraction of sp³-hybridized carbons (Fsp3) is 0.111.